The third-order valence-corrected chi connectivity index (χ3v) is 6.77. The summed E-state index contributed by atoms with van der Waals surface area (Å²) in [6.45, 7) is 1.60. The summed E-state index contributed by atoms with van der Waals surface area (Å²) in [4.78, 5) is 17.0. The number of unbranched alkanes of at least 4 members (excludes halogenated alkanes) is 5. The molecule has 0 atom stereocenters. The summed E-state index contributed by atoms with van der Waals surface area (Å²) in [5, 5.41) is 5.67. The molecule has 0 fully saturated rings. The smallest absolute Gasteiger partial charge is 0.337 e. The van der Waals surface area contributed by atoms with Crippen LogP contribution in [0, 0.1) is 0 Å². The Kier molecular flexibility index (Phi) is 8.86. The first-order valence-electron chi connectivity index (χ1n) is 11.9. The highest BCUT2D eigenvalue weighted by Gasteiger charge is 2.14. The van der Waals surface area contributed by atoms with Crippen LogP contribution in [0.4, 0.5) is 0 Å². The summed E-state index contributed by atoms with van der Waals surface area (Å²) < 4.78 is 17.6. The number of imidazole rings is 1. The van der Waals surface area contributed by atoms with Crippen molar-refractivity contribution in [3.05, 3.63) is 60.3 Å². The number of methoxy groups -OCH3 is 2. The Morgan fingerprint density at radius 3 is 2.20 bits per heavy atom. The molecule has 0 aliphatic rings. The van der Waals surface area contributed by atoms with E-state index in [0.29, 0.717) is 5.56 Å². The van der Waals surface area contributed by atoms with Gasteiger partial charge in [0.1, 0.15) is 10.8 Å². The summed E-state index contributed by atoms with van der Waals surface area (Å²) in [6, 6.07) is 15.3. The van der Waals surface area contributed by atoms with Crippen molar-refractivity contribution in [2.24, 2.45) is 0 Å². The highest BCUT2D eigenvalue weighted by molar-refractivity contribution is 7.19. The maximum Gasteiger partial charge on any atom is 0.337 e. The Morgan fingerprint density at radius 1 is 0.857 bits per heavy atom. The van der Waals surface area contributed by atoms with Gasteiger partial charge in [-0.1, -0.05) is 49.2 Å². The number of ether oxygens (including phenoxy) is 3. The van der Waals surface area contributed by atoms with Crippen molar-refractivity contribution in [2.45, 2.75) is 38.5 Å². The zero-order valence-electron chi connectivity index (χ0n) is 20.2. The van der Waals surface area contributed by atoms with E-state index in [-0.39, 0.29) is 5.97 Å². The number of hydrogen-bond acceptors (Lipinski definition) is 7. The van der Waals surface area contributed by atoms with E-state index in [2.05, 4.69) is 4.98 Å². The fourth-order valence-electron chi connectivity index (χ4n) is 3.84. The van der Waals surface area contributed by atoms with Gasteiger partial charge in [0, 0.05) is 24.8 Å². The molecule has 0 bridgehead atoms. The minimum Gasteiger partial charge on any atom is -0.494 e. The van der Waals surface area contributed by atoms with Crippen LogP contribution in [0.3, 0.4) is 0 Å². The highest BCUT2D eigenvalue weighted by atomic mass is 32.1. The lowest BCUT2D eigenvalue weighted by Gasteiger charge is -2.07. The van der Waals surface area contributed by atoms with Gasteiger partial charge in [-0.15, -0.1) is 0 Å². The molecule has 7 nitrogen and oxygen atoms in total. The third-order valence-electron chi connectivity index (χ3n) is 5.80. The molecule has 0 aliphatic heterocycles. The summed E-state index contributed by atoms with van der Waals surface area (Å²) in [7, 11) is 3.13. The van der Waals surface area contributed by atoms with Gasteiger partial charge >= 0.3 is 5.97 Å². The van der Waals surface area contributed by atoms with E-state index in [1.807, 2.05) is 40.9 Å². The maximum absolute atomic E-state index is 11.7. The minimum atomic E-state index is -0.355. The number of rotatable bonds is 13. The molecule has 0 radical (unpaired) electrons. The van der Waals surface area contributed by atoms with Crippen LogP contribution in [0.25, 0.3) is 26.8 Å². The van der Waals surface area contributed by atoms with E-state index < -0.39 is 0 Å². The van der Waals surface area contributed by atoms with Gasteiger partial charge in [0.05, 0.1) is 31.2 Å². The van der Waals surface area contributed by atoms with Crippen LogP contribution in [0.15, 0.2) is 54.7 Å². The molecule has 4 rings (SSSR count). The SMILES string of the molecule is COCCCCCCCCOc1ccc(-c2nn3c(-c4ccc(C(=O)OC)cc4)cnc3s2)cc1. The number of esters is 1. The zero-order valence-corrected chi connectivity index (χ0v) is 21.1. The molecule has 2 aromatic heterocycles. The van der Waals surface area contributed by atoms with E-state index in [1.165, 1.54) is 44.1 Å². The number of benzene rings is 2. The Hall–Kier alpha value is -3.23. The topological polar surface area (TPSA) is 75.0 Å². The summed E-state index contributed by atoms with van der Waals surface area (Å²) in [6.07, 6.45) is 8.95. The molecule has 0 aliphatic carbocycles. The van der Waals surface area contributed by atoms with E-state index in [1.54, 1.807) is 25.4 Å². The first-order valence-corrected chi connectivity index (χ1v) is 12.8. The molecule has 0 N–H and O–H groups in total. The second-order valence-electron chi connectivity index (χ2n) is 8.30. The molecule has 8 heteroatoms. The van der Waals surface area contributed by atoms with Gasteiger partial charge in [0.25, 0.3) is 0 Å². The Morgan fingerprint density at radius 2 is 1.51 bits per heavy atom. The molecule has 35 heavy (non-hydrogen) atoms. The third kappa shape index (κ3) is 6.46. The number of hydrogen-bond donors (Lipinski definition) is 0. The second-order valence-corrected chi connectivity index (χ2v) is 9.26. The second kappa shape index (κ2) is 12.5. The van der Waals surface area contributed by atoms with Crippen molar-refractivity contribution in [3.63, 3.8) is 0 Å². The standard InChI is InChI=1S/C27H31N3O4S/c1-32-17-7-5-3-4-6-8-18-34-23-15-13-21(14-16-23)25-29-30-24(19-28-27(30)35-25)20-9-11-22(12-10-20)26(31)33-2/h9-16,19H,3-8,17-18H2,1-2H3. The normalized spacial score (nSPS) is 11.1. The average Bonchev–Trinajstić information content (AvgIpc) is 3.49. The van der Waals surface area contributed by atoms with Gasteiger partial charge in [-0.05, 0) is 49.2 Å². The first-order chi connectivity index (χ1) is 17.2. The van der Waals surface area contributed by atoms with Gasteiger partial charge in [0.15, 0.2) is 0 Å². The molecule has 2 heterocycles. The monoisotopic (exact) mass is 493 g/mol. The van der Waals surface area contributed by atoms with E-state index in [0.717, 1.165) is 58.6 Å². The molecule has 0 spiro atoms. The Balaban J connectivity index is 1.32. The van der Waals surface area contributed by atoms with Crippen molar-refractivity contribution in [3.8, 4) is 27.6 Å². The fourth-order valence-corrected chi connectivity index (χ4v) is 4.72. The molecule has 0 saturated heterocycles. The number of nitrogens with zero attached hydrogens (tertiary/aromatic N) is 3. The van der Waals surface area contributed by atoms with Crippen molar-refractivity contribution >= 4 is 22.3 Å². The number of carbonyl (C=O) groups excluding carboxylic acids is 1. The van der Waals surface area contributed by atoms with Crippen LogP contribution in [-0.2, 0) is 9.47 Å². The largest absolute Gasteiger partial charge is 0.494 e. The van der Waals surface area contributed by atoms with Crippen molar-refractivity contribution < 1.29 is 19.0 Å². The summed E-state index contributed by atoms with van der Waals surface area (Å²) in [5.74, 6) is 0.522. The van der Waals surface area contributed by atoms with Crippen LogP contribution < -0.4 is 4.74 Å². The first kappa shape index (κ1) is 24.9. The lowest BCUT2D eigenvalue weighted by molar-refractivity contribution is 0.0600. The molecule has 0 unspecified atom stereocenters. The quantitative estimate of drug-likeness (QED) is 0.161. The Bertz CT molecular complexity index is 1220. The molecule has 4 aromatic rings. The number of carbonyl (C=O) groups is 1. The predicted octanol–water partition coefficient (Wildman–Crippen LogP) is 6.28. The van der Waals surface area contributed by atoms with Gasteiger partial charge in [-0.3, -0.25) is 0 Å². The molecular formula is C27H31N3O4S. The van der Waals surface area contributed by atoms with Gasteiger partial charge < -0.3 is 14.2 Å². The van der Waals surface area contributed by atoms with Crippen LogP contribution in [0.5, 0.6) is 5.75 Å². The zero-order chi connectivity index (χ0) is 24.5. The van der Waals surface area contributed by atoms with Crippen molar-refractivity contribution in [2.75, 3.05) is 27.4 Å². The summed E-state index contributed by atoms with van der Waals surface area (Å²) >= 11 is 1.54. The van der Waals surface area contributed by atoms with Crippen molar-refractivity contribution in [1.82, 2.24) is 14.6 Å². The molecule has 184 valence electrons. The molecule has 0 amide bonds. The summed E-state index contributed by atoms with van der Waals surface area (Å²) in [5.41, 5.74) is 3.34. The highest BCUT2D eigenvalue weighted by Crippen LogP contribution is 2.30. The van der Waals surface area contributed by atoms with Crippen molar-refractivity contribution in [1.29, 1.82) is 0 Å². The van der Waals surface area contributed by atoms with E-state index in [4.69, 9.17) is 19.3 Å². The average molecular weight is 494 g/mol. The van der Waals surface area contributed by atoms with Gasteiger partial charge in [0.2, 0.25) is 4.96 Å². The number of aromatic nitrogens is 3. The fraction of sp³-hybridized carbons (Fsp3) is 0.370. The van der Waals surface area contributed by atoms with Crippen LogP contribution in [0.1, 0.15) is 48.9 Å². The van der Waals surface area contributed by atoms with Crippen LogP contribution >= 0.6 is 11.3 Å². The molecule has 0 saturated carbocycles. The minimum absolute atomic E-state index is 0.355. The predicted molar refractivity (Wildman–Crippen MR) is 138 cm³/mol. The molecular weight excluding hydrogens is 462 g/mol. The van der Waals surface area contributed by atoms with Crippen LogP contribution in [-0.4, -0.2) is 48.0 Å². The molecule has 2 aromatic carbocycles. The van der Waals surface area contributed by atoms with E-state index >= 15 is 0 Å². The lowest BCUT2D eigenvalue weighted by Crippen LogP contribution is -2.00. The van der Waals surface area contributed by atoms with Crippen LogP contribution in [0.2, 0.25) is 0 Å². The van der Waals surface area contributed by atoms with E-state index in [9.17, 15) is 4.79 Å². The maximum atomic E-state index is 11.7. The van der Waals surface area contributed by atoms with Gasteiger partial charge in [-0.2, -0.15) is 5.10 Å². The Labute approximate surface area is 209 Å². The number of fused-ring (bicyclic) bond motifs is 1. The van der Waals surface area contributed by atoms with Gasteiger partial charge in [-0.25, -0.2) is 14.3 Å². The lowest BCUT2D eigenvalue weighted by atomic mass is 10.1.